The van der Waals surface area contributed by atoms with Crippen molar-refractivity contribution in [3.63, 3.8) is 0 Å². The summed E-state index contributed by atoms with van der Waals surface area (Å²) in [4.78, 5) is 26.4. The van der Waals surface area contributed by atoms with E-state index in [0.717, 1.165) is 5.56 Å². The second-order valence-electron chi connectivity index (χ2n) is 6.49. The Balaban J connectivity index is 1.63. The number of nitrogens with zero attached hydrogens (tertiary/aromatic N) is 1. The smallest absolute Gasteiger partial charge is 0.330 e. The molecular weight excluding hydrogens is 348 g/mol. The van der Waals surface area contributed by atoms with Crippen molar-refractivity contribution in [3.8, 4) is 0 Å². The number of hydrogen-bond donors (Lipinski definition) is 2. The first-order chi connectivity index (χ1) is 13.1. The zero-order chi connectivity index (χ0) is 19.2. The molecule has 3 atom stereocenters. The van der Waals surface area contributed by atoms with E-state index in [4.69, 9.17) is 9.47 Å². The molecule has 0 radical (unpaired) electrons. The fourth-order valence-electron chi connectivity index (χ4n) is 3.08. The van der Waals surface area contributed by atoms with Gasteiger partial charge in [-0.3, -0.25) is 14.3 Å². The zero-order valence-electron chi connectivity index (χ0n) is 15.2. The largest absolute Gasteiger partial charge is 0.390 e. The van der Waals surface area contributed by atoms with Crippen LogP contribution in [-0.4, -0.2) is 33.5 Å². The highest BCUT2D eigenvalue weighted by Gasteiger charge is 2.34. The molecule has 1 aliphatic rings. The fourth-order valence-corrected chi connectivity index (χ4v) is 3.08. The topological polar surface area (TPSA) is 93.5 Å². The van der Waals surface area contributed by atoms with Crippen LogP contribution in [0.3, 0.4) is 0 Å². The Hall–Kier alpha value is -2.48. The third-order valence-electron chi connectivity index (χ3n) is 4.54. The number of aromatic nitrogens is 2. The molecule has 1 unspecified atom stereocenters. The number of nitrogens with one attached hydrogen (secondary N) is 1. The number of hydrogen-bond acceptors (Lipinski definition) is 5. The lowest BCUT2D eigenvalue weighted by Crippen LogP contribution is -2.34. The molecule has 144 valence electrons. The van der Waals surface area contributed by atoms with E-state index in [1.165, 1.54) is 10.8 Å². The lowest BCUT2D eigenvalue weighted by molar-refractivity contribution is -0.0220. The van der Waals surface area contributed by atoms with E-state index in [9.17, 15) is 14.7 Å². The second-order valence-corrected chi connectivity index (χ2v) is 6.49. The first-order valence-electron chi connectivity index (χ1n) is 9.05. The molecule has 0 aliphatic carbocycles. The van der Waals surface area contributed by atoms with Crippen LogP contribution in [0.2, 0.25) is 0 Å². The van der Waals surface area contributed by atoms with Gasteiger partial charge in [-0.05, 0) is 12.0 Å². The SMILES string of the molecule is CC[C@H]1O[C@@H](n2cc(COC/C=C/c3ccccc3)c(=O)[nH]c2=O)CC1O. The Labute approximate surface area is 156 Å². The summed E-state index contributed by atoms with van der Waals surface area (Å²) in [7, 11) is 0. The molecule has 1 aromatic carbocycles. The Morgan fingerprint density at radius 1 is 1.33 bits per heavy atom. The normalized spacial score (nSPS) is 22.5. The van der Waals surface area contributed by atoms with Gasteiger partial charge in [0.15, 0.2) is 0 Å². The van der Waals surface area contributed by atoms with Crippen LogP contribution in [0, 0.1) is 0 Å². The Morgan fingerprint density at radius 3 is 2.81 bits per heavy atom. The van der Waals surface area contributed by atoms with E-state index in [2.05, 4.69) is 4.98 Å². The van der Waals surface area contributed by atoms with Crippen LogP contribution in [-0.2, 0) is 16.1 Å². The predicted molar refractivity (Wildman–Crippen MR) is 101 cm³/mol. The molecule has 3 rings (SSSR count). The van der Waals surface area contributed by atoms with Gasteiger partial charge in [-0.2, -0.15) is 0 Å². The molecule has 0 amide bonds. The van der Waals surface area contributed by atoms with E-state index in [1.54, 1.807) is 0 Å². The van der Waals surface area contributed by atoms with Gasteiger partial charge in [0, 0.05) is 12.6 Å². The van der Waals surface area contributed by atoms with Crippen molar-refractivity contribution in [2.45, 2.75) is 44.8 Å². The molecule has 1 aliphatic heterocycles. The molecule has 0 saturated carbocycles. The summed E-state index contributed by atoms with van der Waals surface area (Å²) in [6, 6.07) is 9.82. The molecule has 0 bridgehead atoms. The second kappa shape index (κ2) is 8.94. The van der Waals surface area contributed by atoms with Gasteiger partial charge in [0.05, 0.1) is 31.0 Å². The monoisotopic (exact) mass is 372 g/mol. The fraction of sp³-hybridized carbons (Fsp3) is 0.400. The molecule has 0 spiro atoms. The van der Waals surface area contributed by atoms with Crippen molar-refractivity contribution in [1.29, 1.82) is 0 Å². The predicted octanol–water partition coefficient (Wildman–Crippen LogP) is 1.82. The molecule has 7 heteroatoms. The molecule has 2 aromatic rings. The number of ether oxygens (including phenoxy) is 2. The lowest BCUT2D eigenvalue weighted by atomic mass is 10.1. The first-order valence-corrected chi connectivity index (χ1v) is 9.05. The maximum Gasteiger partial charge on any atom is 0.330 e. The average Bonchev–Trinajstić information content (AvgIpc) is 3.04. The lowest BCUT2D eigenvalue weighted by Gasteiger charge is -2.15. The van der Waals surface area contributed by atoms with Gasteiger partial charge < -0.3 is 14.6 Å². The molecule has 1 saturated heterocycles. The summed E-state index contributed by atoms with van der Waals surface area (Å²) in [5.74, 6) is 0. The molecular formula is C20H24N2O5. The number of H-pyrrole nitrogens is 1. The van der Waals surface area contributed by atoms with Crippen molar-refractivity contribution in [3.05, 3.63) is 74.6 Å². The number of aliphatic hydroxyl groups is 1. The van der Waals surface area contributed by atoms with Gasteiger partial charge in [0.1, 0.15) is 6.23 Å². The van der Waals surface area contributed by atoms with Gasteiger partial charge in [-0.25, -0.2) is 4.79 Å². The number of aliphatic hydroxyl groups excluding tert-OH is 1. The Bertz CT molecular complexity index is 887. The third kappa shape index (κ3) is 4.82. The average molecular weight is 372 g/mol. The van der Waals surface area contributed by atoms with Crippen molar-refractivity contribution in [1.82, 2.24) is 9.55 Å². The molecule has 2 heterocycles. The molecule has 27 heavy (non-hydrogen) atoms. The highest BCUT2D eigenvalue weighted by molar-refractivity contribution is 5.48. The maximum absolute atomic E-state index is 12.1. The van der Waals surface area contributed by atoms with Gasteiger partial charge in [0.25, 0.3) is 5.56 Å². The molecule has 1 aromatic heterocycles. The number of benzene rings is 1. The minimum absolute atomic E-state index is 0.0707. The van der Waals surface area contributed by atoms with Crippen LogP contribution < -0.4 is 11.2 Å². The van der Waals surface area contributed by atoms with Gasteiger partial charge >= 0.3 is 5.69 Å². The zero-order valence-corrected chi connectivity index (χ0v) is 15.2. The maximum atomic E-state index is 12.1. The molecule has 1 fully saturated rings. The number of rotatable bonds is 7. The summed E-state index contributed by atoms with van der Waals surface area (Å²) in [6.07, 6.45) is 4.69. The summed E-state index contributed by atoms with van der Waals surface area (Å²) in [6.45, 7) is 2.32. The van der Waals surface area contributed by atoms with Crippen molar-refractivity contribution in [2.24, 2.45) is 0 Å². The van der Waals surface area contributed by atoms with E-state index in [-0.39, 0.29) is 12.7 Å². The van der Waals surface area contributed by atoms with Gasteiger partial charge in [-0.1, -0.05) is 49.4 Å². The van der Waals surface area contributed by atoms with Crippen LogP contribution in [0.25, 0.3) is 6.08 Å². The quantitative estimate of drug-likeness (QED) is 0.723. The van der Waals surface area contributed by atoms with Crippen molar-refractivity contribution >= 4 is 6.08 Å². The minimum Gasteiger partial charge on any atom is -0.390 e. The molecule has 7 nitrogen and oxygen atoms in total. The first kappa shape index (κ1) is 19.3. The van der Waals surface area contributed by atoms with Crippen LogP contribution in [0.1, 0.15) is 37.1 Å². The van der Waals surface area contributed by atoms with Crippen LogP contribution >= 0.6 is 0 Å². The summed E-state index contributed by atoms with van der Waals surface area (Å²) in [5.41, 5.74) is 0.367. The highest BCUT2D eigenvalue weighted by Crippen LogP contribution is 2.29. The van der Waals surface area contributed by atoms with E-state index in [0.29, 0.717) is 25.0 Å². The summed E-state index contributed by atoms with van der Waals surface area (Å²) < 4.78 is 12.6. The Kier molecular flexibility index (Phi) is 6.39. The standard InChI is InChI=1S/C20H24N2O5/c1-2-17-16(23)11-18(27-17)22-12-15(19(24)21-20(22)25)13-26-10-6-9-14-7-4-3-5-8-14/h3-9,12,16-18,23H,2,10-11,13H2,1H3,(H,21,24,25)/b9-6+/t16?,17-,18-/m1/s1. The summed E-state index contributed by atoms with van der Waals surface area (Å²) in [5, 5.41) is 9.99. The van der Waals surface area contributed by atoms with E-state index < -0.39 is 23.6 Å². The van der Waals surface area contributed by atoms with Crippen LogP contribution in [0.15, 0.2) is 52.2 Å². The van der Waals surface area contributed by atoms with Crippen molar-refractivity contribution < 1.29 is 14.6 Å². The number of aromatic amines is 1. The molecule has 2 N–H and O–H groups in total. The van der Waals surface area contributed by atoms with Gasteiger partial charge in [0.2, 0.25) is 0 Å². The Morgan fingerprint density at radius 2 is 2.11 bits per heavy atom. The van der Waals surface area contributed by atoms with Crippen LogP contribution in [0.5, 0.6) is 0 Å². The minimum atomic E-state index is -0.623. The van der Waals surface area contributed by atoms with Crippen molar-refractivity contribution in [2.75, 3.05) is 6.61 Å². The summed E-state index contributed by atoms with van der Waals surface area (Å²) >= 11 is 0. The third-order valence-corrected chi connectivity index (χ3v) is 4.54. The van der Waals surface area contributed by atoms with Gasteiger partial charge in [-0.15, -0.1) is 0 Å². The van der Waals surface area contributed by atoms with E-state index >= 15 is 0 Å². The highest BCUT2D eigenvalue weighted by atomic mass is 16.5. The van der Waals surface area contributed by atoms with Crippen LogP contribution in [0.4, 0.5) is 0 Å². The van der Waals surface area contributed by atoms with E-state index in [1.807, 2.05) is 49.4 Å².